The Hall–Kier alpha value is -4.20. The monoisotopic (exact) mass is 474 g/mol. The molecule has 0 radical (unpaired) electrons. The third-order valence-corrected chi connectivity index (χ3v) is 6.26. The number of nitrogens with zero attached hydrogens (tertiary/aromatic N) is 2. The summed E-state index contributed by atoms with van der Waals surface area (Å²) in [5, 5.41) is 11.4. The molecule has 0 spiro atoms. The lowest BCUT2D eigenvalue weighted by Gasteiger charge is -2.28. The fourth-order valence-corrected chi connectivity index (χ4v) is 4.55. The number of rotatable bonds is 6. The molecule has 0 aliphatic carbocycles. The number of anilines is 1. The van der Waals surface area contributed by atoms with Gasteiger partial charge in [0.15, 0.2) is 0 Å². The molecule has 1 fully saturated rings. The van der Waals surface area contributed by atoms with Gasteiger partial charge in [-0.05, 0) is 55.0 Å². The summed E-state index contributed by atoms with van der Waals surface area (Å²) < 4.78 is 16.8. The first-order valence-corrected chi connectivity index (χ1v) is 11.5. The number of carbonyl (C=O) groups is 2. The average molecular weight is 475 g/mol. The van der Waals surface area contributed by atoms with Crippen LogP contribution in [0.15, 0.2) is 70.9 Å². The third-order valence-electron chi connectivity index (χ3n) is 6.26. The van der Waals surface area contributed by atoms with Gasteiger partial charge in [-0.15, -0.1) is 0 Å². The zero-order valence-corrected chi connectivity index (χ0v) is 19.6. The molecule has 35 heavy (non-hydrogen) atoms. The normalized spacial score (nSPS) is 19.0. The molecule has 0 bridgehead atoms. The Morgan fingerprint density at radius 2 is 2.00 bits per heavy atom. The Morgan fingerprint density at radius 1 is 1.14 bits per heavy atom. The van der Waals surface area contributed by atoms with Gasteiger partial charge in [-0.3, -0.25) is 9.59 Å². The number of aliphatic hydroxyl groups is 1. The number of fused-ring (bicyclic) bond motifs is 1. The number of benzene rings is 2. The van der Waals surface area contributed by atoms with Gasteiger partial charge in [0.25, 0.3) is 11.7 Å². The lowest BCUT2D eigenvalue weighted by Crippen LogP contribution is -2.29. The minimum absolute atomic E-state index is 0.0227. The number of aliphatic hydroxyl groups excluding tert-OH is 1. The molecular formula is C27H26N2O6. The average Bonchev–Trinajstić information content (AvgIpc) is 3.46. The molecule has 1 N–H and O–H groups in total. The van der Waals surface area contributed by atoms with Crippen LogP contribution in [0.3, 0.4) is 0 Å². The van der Waals surface area contributed by atoms with E-state index in [9.17, 15) is 14.7 Å². The Bertz CT molecular complexity index is 1300. The van der Waals surface area contributed by atoms with Crippen LogP contribution < -0.4 is 14.4 Å². The van der Waals surface area contributed by atoms with Crippen LogP contribution in [0.5, 0.6) is 11.5 Å². The molecule has 8 heteroatoms. The Kier molecular flexibility index (Phi) is 5.94. The van der Waals surface area contributed by atoms with Crippen molar-refractivity contribution < 1.29 is 28.6 Å². The van der Waals surface area contributed by atoms with Crippen molar-refractivity contribution in [3.63, 3.8) is 0 Å². The van der Waals surface area contributed by atoms with Gasteiger partial charge in [0.05, 0.1) is 43.3 Å². The van der Waals surface area contributed by atoms with Crippen LogP contribution in [0, 0.1) is 0 Å². The van der Waals surface area contributed by atoms with Crippen molar-refractivity contribution >= 4 is 23.1 Å². The van der Waals surface area contributed by atoms with Crippen LogP contribution >= 0.6 is 0 Å². The number of likely N-dealkylation sites (N-methyl/N-ethyl adjacent to an activating group) is 1. The fraction of sp³-hybridized carbons (Fsp3) is 0.259. The number of furan rings is 1. The first-order chi connectivity index (χ1) is 17.0. The maximum absolute atomic E-state index is 13.3. The topological polar surface area (TPSA) is 92.5 Å². The summed E-state index contributed by atoms with van der Waals surface area (Å²) in [4.78, 5) is 29.9. The number of hydrogen-bond acceptors (Lipinski definition) is 7. The second-order valence-electron chi connectivity index (χ2n) is 8.46. The first-order valence-electron chi connectivity index (χ1n) is 11.5. The summed E-state index contributed by atoms with van der Waals surface area (Å²) in [6, 6.07) is 15.1. The van der Waals surface area contributed by atoms with E-state index in [2.05, 4.69) is 0 Å². The molecule has 2 aromatic carbocycles. The second-order valence-corrected chi connectivity index (χ2v) is 8.46. The minimum Gasteiger partial charge on any atom is -0.507 e. The van der Waals surface area contributed by atoms with Gasteiger partial charge in [0.1, 0.15) is 29.6 Å². The van der Waals surface area contributed by atoms with Crippen LogP contribution in [-0.4, -0.2) is 48.5 Å². The van der Waals surface area contributed by atoms with Gasteiger partial charge in [0.2, 0.25) is 0 Å². The van der Waals surface area contributed by atoms with E-state index < -0.39 is 17.7 Å². The van der Waals surface area contributed by atoms with Crippen molar-refractivity contribution in [2.24, 2.45) is 0 Å². The number of Topliss-reactive ketones (excluding diaryl/α,β-unsaturated/α-hetero) is 1. The van der Waals surface area contributed by atoms with E-state index in [0.717, 1.165) is 5.69 Å². The zero-order chi connectivity index (χ0) is 24.5. The molecule has 0 saturated carbocycles. The smallest absolute Gasteiger partial charge is 0.296 e. The number of ether oxygens (including phenoxy) is 2. The molecule has 2 aliphatic heterocycles. The largest absolute Gasteiger partial charge is 0.507 e. The summed E-state index contributed by atoms with van der Waals surface area (Å²) in [7, 11) is 1.94. The predicted octanol–water partition coefficient (Wildman–Crippen LogP) is 4.13. The zero-order valence-electron chi connectivity index (χ0n) is 19.6. The maximum atomic E-state index is 13.3. The van der Waals surface area contributed by atoms with E-state index >= 15 is 0 Å². The summed E-state index contributed by atoms with van der Waals surface area (Å²) in [6.07, 6.45) is 1.52. The van der Waals surface area contributed by atoms with Gasteiger partial charge in [-0.25, -0.2) is 0 Å². The van der Waals surface area contributed by atoms with Crippen molar-refractivity contribution in [3.8, 4) is 11.5 Å². The summed E-state index contributed by atoms with van der Waals surface area (Å²) in [6.45, 7) is 3.71. The summed E-state index contributed by atoms with van der Waals surface area (Å²) in [5.74, 6) is 0.163. The van der Waals surface area contributed by atoms with E-state index in [-0.39, 0.29) is 17.9 Å². The van der Waals surface area contributed by atoms with Gasteiger partial charge in [-0.2, -0.15) is 0 Å². The first kappa shape index (κ1) is 22.6. The highest BCUT2D eigenvalue weighted by Gasteiger charge is 2.46. The van der Waals surface area contributed by atoms with Gasteiger partial charge in [0, 0.05) is 12.6 Å². The van der Waals surface area contributed by atoms with Crippen molar-refractivity contribution in [1.82, 2.24) is 4.90 Å². The van der Waals surface area contributed by atoms with E-state index in [4.69, 9.17) is 13.9 Å². The molecule has 5 rings (SSSR count). The predicted molar refractivity (Wildman–Crippen MR) is 129 cm³/mol. The molecule has 3 heterocycles. The highest BCUT2D eigenvalue weighted by molar-refractivity contribution is 6.46. The molecule has 180 valence electrons. The van der Waals surface area contributed by atoms with Gasteiger partial charge >= 0.3 is 0 Å². The highest BCUT2D eigenvalue weighted by Crippen LogP contribution is 2.42. The number of ketones is 1. The van der Waals surface area contributed by atoms with Crippen LogP contribution in [0.1, 0.15) is 29.9 Å². The Labute approximate surface area is 203 Å². The third kappa shape index (κ3) is 4.12. The van der Waals surface area contributed by atoms with Gasteiger partial charge < -0.3 is 28.8 Å². The SMILES string of the molecule is CCOc1cccc(C2/C(=C(/O)c3ccc4c(c3)N(C)CCO4)C(=O)C(=O)N2Cc2ccco2)c1. The number of likely N-dealkylation sites (tertiary alicyclic amines) is 1. The van der Waals surface area contributed by atoms with Crippen molar-refractivity contribution in [3.05, 3.63) is 83.3 Å². The molecule has 1 unspecified atom stereocenters. The molecule has 1 aromatic heterocycles. The standard InChI is InChI=1S/C27H26N2O6/c1-3-33-19-7-4-6-17(14-19)24-23(26(31)27(32)29(24)16-20-8-5-12-34-20)25(30)18-9-10-22-21(15-18)28(2)11-13-35-22/h4-10,12,14-15,24,30H,3,11,13,16H2,1-2H3/b25-23-. The summed E-state index contributed by atoms with van der Waals surface area (Å²) >= 11 is 0. The molecule has 3 aromatic rings. The lowest BCUT2D eigenvalue weighted by atomic mass is 9.94. The minimum atomic E-state index is -0.814. The Morgan fingerprint density at radius 3 is 2.77 bits per heavy atom. The highest BCUT2D eigenvalue weighted by atomic mass is 16.5. The number of amides is 1. The van der Waals surface area contributed by atoms with Crippen LogP contribution in [-0.2, 0) is 16.1 Å². The van der Waals surface area contributed by atoms with Crippen LogP contribution in [0.25, 0.3) is 5.76 Å². The number of hydrogen-bond donors (Lipinski definition) is 1. The molecule has 1 atom stereocenters. The van der Waals surface area contributed by atoms with E-state index in [1.807, 2.05) is 31.0 Å². The fourth-order valence-electron chi connectivity index (χ4n) is 4.55. The van der Waals surface area contributed by atoms with E-state index in [1.54, 1.807) is 42.5 Å². The van der Waals surface area contributed by atoms with Crippen molar-refractivity contribution in [1.29, 1.82) is 0 Å². The lowest BCUT2D eigenvalue weighted by molar-refractivity contribution is -0.140. The van der Waals surface area contributed by atoms with Crippen LogP contribution in [0.4, 0.5) is 5.69 Å². The van der Waals surface area contributed by atoms with E-state index in [0.29, 0.717) is 48.1 Å². The maximum Gasteiger partial charge on any atom is 0.296 e. The van der Waals surface area contributed by atoms with Crippen LogP contribution in [0.2, 0.25) is 0 Å². The van der Waals surface area contributed by atoms with E-state index in [1.165, 1.54) is 11.2 Å². The Balaban J connectivity index is 1.64. The van der Waals surface area contributed by atoms with Crippen molar-refractivity contribution in [2.75, 3.05) is 31.7 Å². The molecule has 1 amide bonds. The van der Waals surface area contributed by atoms with Crippen molar-refractivity contribution in [2.45, 2.75) is 19.5 Å². The quantitative estimate of drug-likeness (QED) is 0.326. The second kappa shape index (κ2) is 9.21. The number of carbonyl (C=O) groups excluding carboxylic acids is 2. The molecule has 1 saturated heterocycles. The molecule has 8 nitrogen and oxygen atoms in total. The van der Waals surface area contributed by atoms with Gasteiger partial charge in [-0.1, -0.05) is 12.1 Å². The molecule has 2 aliphatic rings. The molecular weight excluding hydrogens is 448 g/mol. The summed E-state index contributed by atoms with van der Waals surface area (Å²) in [5.41, 5.74) is 1.92.